The molecule has 3 rings (SSSR count). The number of aryl methyl sites for hydroxylation is 2. The Morgan fingerprint density at radius 3 is 2.57 bits per heavy atom. The minimum atomic E-state index is 0.703. The molecule has 0 unspecified atom stereocenters. The number of fused-ring (bicyclic) bond motifs is 1. The average molecular weight is 320 g/mol. The lowest BCUT2D eigenvalue weighted by Crippen LogP contribution is -1.99. The number of nitrogens with zero attached hydrogens (tertiary/aromatic N) is 2. The SMILES string of the molecule is Cc1nn(C)c2c(Cl)cc(NCc3ccc(Cl)cc3)cc12. The third-order valence-corrected chi connectivity index (χ3v) is 4.03. The predicted octanol–water partition coefficient (Wildman–Crippen LogP) is 4.80. The molecular weight excluding hydrogens is 305 g/mol. The van der Waals surface area contributed by atoms with Gasteiger partial charge in [0.05, 0.1) is 16.2 Å². The zero-order valence-electron chi connectivity index (χ0n) is 11.8. The summed E-state index contributed by atoms with van der Waals surface area (Å²) in [6.07, 6.45) is 0. The quantitative estimate of drug-likeness (QED) is 0.751. The lowest BCUT2D eigenvalue weighted by atomic mass is 10.1. The van der Waals surface area contributed by atoms with Crippen LogP contribution in [0.5, 0.6) is 0 Å². The molecule has 0 atom stereocenters. The molecule has 21 heavy (non-hydrogen) atoms. The molecule has 0 spiro atoms. The highest BCUT2D eigenvalue weighted by atomic mass is 35.5. The molecule has 0 saturated carbocycles. The summed E-state index contributed by atoms with van der Waals surface area (Å²) in [5.74, 6) is 0. The predicted molar refractivity (Wildman–Crippen MR) is 89.2 cm³/mol. The molecular formula is C16H15Cl2N3. The van der Waals surface area contributed by atoms with Crippen molar-refractivity contribution in [2.24, 2.45) is 7.05 Å². The first kappa shape index (κ1) is 14.2. The fraction of sp³-hybridized carbons (Fsp3) is 0.188. The third-order valence-electron chi connectivity index (χ3n) is 3.49. The molecule has 0 radical (unpaired) electrons. The first-order valence-electron chi connectivity index (χ1n) is 6.66. The maximum absolute atomic E-state index is 6.37. The maximum atomic E-state index is 6.37. The Kier molecular flexibility index (Phi) is 3.79. The van der Waals surface area contributed by atoms with E-state index in [1.807, 2.05) is 49.0 Å². The summed E-state index contributed by atoms with van der Waals surface area (Å²) in [5.41, 5.74) is 4.09. The molecule has 5 heteroatoms. The van der Waals surface area contributed by atoms with Crippen molar-refractivity contribution in [2.75, 3.05) is 5.32 Å². The van der Waals surface area contributed by atoms with E-state index < -0.39 is 0 Å². The Balaban J connectivity index is 1.87. The number of hydrogen-bond acceptors (Lipinski definition) is 2. The Hall–Kier alpha value is -1.71. The van der Waals surface area contributed by atoms with Crippen LogP contribution in [0.4, 0.5) is 5.69 Å². The minimum Gasteiger partial charge on any atom is -0.381 e. The van der Waals surface area contributed by atoms with Crippen LogP contribution in [0.3, 0.4) is 0 Å². The van der Waals surface area contributed by atoms with Crippen molar-refractivity contribution in [1.82, 2.24) is 9.78 Å². The maximum Gasteiger partial charge on any atom is 0.0869 e. The molecule has 1 heterocycles. The molecule has 0 aliphatic rings. The highest BCUT2D eigenvalue weighted by Gasteiger charge is 2.10. The first-order valence-corrected chi connectivity index (χ1v) is 7.41. The van der Waals surface area contributed by atoms with Gasteiger partial charge in [-0.25, -0.2) is 0 Å². The molecule has 0 aliphatic carbocycles. The van der Waals surface area contributed by atoms with Gasteiger partial charge >= 0.3 is 0 Å². The van der Waals surface area contributed by atoms with Crippen LogP contribution in [0.25, 0.3) is 10.9 Å². The Morgan fingerprint density at radius 2 is 1.86 bits per heavy atom. The smallest absolute Gasteiger partial charge is 0.0869 e. The third kappa shape index (κ3) is 2.85. The van der Waals surface area contributed by atoms with Gasteiger partial charge in [0.1, 0.15) is 0 Å². The molecule has 2 aromatic carbocycles. The zero-order valence-corrected chi connectivity index (χ0v) is 13.3. The van der Waals surface area contributed by atoms with Gasteiger partial charge in [-0.3, -0.25) is 4.68 Å². The number of anilines is 1. The van der Waals surface area contributed by atoms with E-state index in [0.29, 0.717) is 5.02 Å². The van der Waals surface area contributed by atoms with E-state index in [2.05, 4.69) is 16.5 Å². The molecule has 1 aromatic heterocycles. The average Bonchev–Trinajstić information content (AvgIpc) is 2.74. The van der Waals surface area contributed by atoms with Crippen LogP contribution in [0, 0.1) is 6.92 Å². The van der Waals surface area contributed by atoms with E-state index in [0.717, 1.165) is 33.9 Å². The van der Waals surface area contributed by atoms with Crippen LogP contribution in [0.1, 0.15) is 11.3 Å². The highest BCUT2D eigenvalue weighted by Crippen LogP contribution is 2.29. The number of benzene rings is 2. The van der Waals surface area contributed by atoms with Gasteiger partial charge in [0, 0.05) is 29.7 Å². The van der Waals surface area contributed by atoms with Crippen LogP contribution in [0.15, 0.2) is 36.4 Å². The van der Waals surface area contributed by atoms with Gasteiger partial charge in [0.25, 0.3) is 0 Å². The molecule has 0 saturated heterocycles. The van der Waals surface area contributed by atoms with Crippen LogP contribution in [-0.4, -0.2) is 9.78 Å². The molecule has 108 valence electrons. The van der Waals surface area contributed by atoms with Crippen molar-refractivity contribution in [2.45, 2.75) is 13.5 Å². The van der Waals surface area contributed by atoms with Crippen molar-refractivity contribution in [1.29, 1.82) is 0 Å². The number of hydrogen-bond donors (Lipinski definition) is 1. The van der Waals surface area contributed by atoms with Crippen LogP contribution in [-0.2, 0) is 13.6 Å². The topological polar surface area (TPSA) is 29.9 Å². The van der Waals surface area contributed by atoms with Gasteiger partial charge < -0.3 is 5.32 Å². The second-order valence-electron chi connectivity index (χ2n) is 5.04. The van der Waals surface area contributed by atoms with E-state index in [9.17, 15) is 0 Å². The molecule has 1 N–H and O–H groups in total. The van der Waals surface area contributed by atoms with Crippen molar-refractivity contribution in [3.63, 3.8) is 0 Å². The highest BCUT2D eigenvalue weighted by molar-refractivity contribution is 6.35. The number of nitrogens with one attached hydrogen (secondary N) is 1. The number of halogens is 2. The molecule has 3 nitrogen and oxygen atoms in total. The molecule has 0 bridgehead atoms. The van der Waals surface area contributed by atoms with E-state index in [-0.39, 0.29) is 0 Å². The Morgan fingerprint density at radius 1 is 1.14 bits per heavy atom. The van der Waals surface area contributed by atoms with E-state index >= 15 is 0 Å². The molecule has 0 fully saturated rings. The van der Waals surface area contributed by atoms with E-state index in [1.54, 1.807) is 0 Å². The second-order valence-corrected chi connectivity index (χ2v) is 5.89. The molecule has 0 amide bonds. The Bertz CT molecular complexity index is 791. The largest absolute Gasteiger partial charge is 0.381 e. The lowest BCUT2D eigenvalue weighted by molar-refractivity contribution is 0.783. The normalized spacial score (nSPS) is 11.0. The van der Waals surface area contributed by atoms with Crippen molar-refractivity contribution in [3.8, 4) is 0 Å². The fourth-order valence-corrected chi connectivity index (χ4v) is 2.91. The number of rotatable bonds is 3. The van der Waals surface area contributed by atoms with Crippen molar-refractivity contribution in [3.05, 3.63) is 57.7 Å². The molecule has 0 aliphatic heterocycles. The fourth-order valence-electron chi connectivity index (χ4n) is 2.44. The summed E-state index contributed by atoms with van der Waals surface area (Å²) in [6, 6.07) is 11.8. The summed E-state index contributed by atoms with van der Waals surface area (Å²) in [5, 5.41) is 10.3. The summed E-state index contributed by atoms with van der Waals surface area (Å²) >= 11 is 12.3. The summed E-state index contributed by atoms with van der Waals surface area (Å²) < 4.78 is 1.82. The lowest BCUT2D eigenvalue weighted by Gasteiger charge is -2.08. The van der Waals surface area contributed by atoms with Gasteiger partial charge in [0.15, 0.2) is 0 Å². The van der Waals surface area contributed by atoms with Gasteiger partial charge in [-0.2, -0.15) is 5.10 Å². The van der Waals surface area contributed by atoms with Crippen LogP contribution in [0.2, 0.25) is 10.0 Å². The van der Waals surface area contributed by atoms with Gasteiger partial charge in [-0.05, 0) is 36.8 Å². The van der Waals surface area contributed by atoms with E-state index in [1.165, 1.54) is 5.56 Å². The number of aromatic nitrogens is 2. The zero-order chi connectivity index (χ0) is 15.0. The Labute approximate surface area is 133 Å². The monoisotopic (exact) mass is 319 g/mol. The standard InChI is InChI=1S/C16H15Cl2N3/c1-10-14-7-13(8-15(18)16(14)21(2)20-10)19-9-11-3-5-12(17)6-4-11/h3-8,19H,9H2,1-2H3. The summed E-state index contributed by atoms with van der Waals surface area (Å²) in [7, 11) is 1.90. The molecule has 3 aromatic rings. The summed E-state index contributed by atoms with van der Waals surface area (Å²) in [4.78, 5) is 0. The second kappa shape index (κ2) is 5.58. The van der Waals surface area contributed by atoms with Crippen molar-refractivity contribution < 1.29 is 0 Å². The first-order chi connectivity index (χ1) is 10.0. The van der Waals surface area contributed by atoms with Crippen LogP contribution < -0.4 is 5.32 Å². The van der Waals surface area contributed by atoms with Gasteiger partial charge in [-0.15, -0.1) is 0 Å². The van der Waals surface area contributed by atoms with Gasteiger partial charge in [-0.1, -0.05) is 35.3 Å². The van der Waals surface area contributed by atoms with Crippen LogP contribution >= 0.6 is 23.2 Å². The van der Waals surface area contributed by atoms with E-state index in [4.69, 9.17) is 23.2 Å². The van der Waals surface area contributed by atoms with Gasteiger partial charge in [0.2, 0.25) is 0 Å². The minimum absolute atomic E-state index is 0.703. The van der Waals surface area contributed by atoms with Crippen molar-refractivity contribution >= 4 is 39.8 Å². The summed E-state index contributed by atoms with van der Waals surface area (Å²) in [6.45, 7) is 2.71.